The molecule has 0 saturated carbocycles. The maximum absolute atomic E-state index is 12.2. The monoisotopic (exact) mass is 345 g/mol. The van der Waals surface area contributed by atoms with Crippen LogP contribution < -0.4 is 16.0 Å². The largest absolute Gasteiger partial charge is 0.353 e. The lowest BCUT2D eigenvalue weighted by Crippen LogP contribution is -2.47. The number of carbonyl (C=O) groups is 2. The zero-order valence-electron chi connectivity index (χ0n) is 15.8. The Morgan fingerprint density at radius 3 is 2.48 bits per heavy atom. The molecule has 2 unspecified atom stereocenters. The molecule has 3 N–H and O–H groups in total. The molecule has 1 heterocycles. The highest BCUT2D eigenvalue weighted by molar-refractivity contribution is 5.94. The summed E-state index contributed by atoms with van der Waals surface area (Å²) in [5, 5.41) is 9.24. The number of hydrogen-bond donors (Lipinski definition) is 3. The first-order chi connectivity index (χ1) is 11.8. The summed E-state index contributed by atoms with van der Waals surface area (Å²) in [6, 6.07) is 8.33. The summed E-state index contributed by atoms with van der Waals surface area (Å²) in [7, 11) is 0. The predicted molar refractivity (Wildman–Crippen MR) is 101 cm³/mol. The average Bonchev–Trinajstić information content (AvgIpc) is 2.54. The Bertz CT molecular complexity index is 590. The predicted octanol–water partition coefficient (Wildman–Crippen LogP) is 2.36. The van der Waals surface area contributed by atoms with Crippen molar-refractivity contribution in [3.8, 4) is 0 Å². The van der Waals surface area contributed by atoms with Crippen LogP contribution in [0, 0.1) is 0 Å². The van der Waals surface area contributed by atoms with Gasteiger partial charge in [-0.15, -0.1) is 0 Å². The summed E-state index contributed by atoms with van der Waals surface area (Å²) >= 11 is 0. The summed E-state index contributed by atoms with van der Waals surface area (Å²) < 4.78 is 0. The zero-order chi connectivity index (χ0) is 18.4. The molecular weight excluding hydrogens is 314 g/mol. The van der Waals surface area contributed by atoms with Gasteiger partial charge < -0.3 is 16.0 Å². The normalized spacial score (nSPS) is 20.8. The van der Waals surface area contributed by atoms with Crippen LogP contribution in [0.3, 0.4) is 0 Å². The van der Waals surface area contributed by atoms with E-state index in [0.717, 1.165) is 19.4 Å². The van der Waals surface area contributed by atoms with Crippen LogP contribution in [-0.2, 0) is 10.2 Å². The Morgan fingerprint density at radius 1 is 1.20 bits per heavy atom. The molecule has 138 valence electrons. The highest BCUT2D eigenvalue weighted by atomic mass is 16.2. The van der Waals surface area contributed by atoms with Gasteiger partial charge in [-0.1, -0.05) is 32.9 Å². The van der Waals surface area contributed by atoms with Gasteiger partial charge in [-0.25, -0.2) is 0 Å². The van der Waals surface area contributed by atoms with Crippen LogP contribution in [0.2, 0.25) is 0 Å². The van der Waals surface area contributed by atoms with Crippen LogP contribution in [-0.4, -0.2) is 37.0 Å². The van der Waals surface area contributed by atoms with Crippen LogP contribution in [0.1, 0.15) is 62.9 Å². The summed E-state index contributed by atoms with van der Waals surface area (Å²) in [4.78, 5) is 24.2. The van der Waals surface area contributed by atoms with Crippen LogP contribution in [0.4, 0.5) is 0 Å². The summed E-state index contributed by atoms with van der Waals surface area (Å²) in [6.07, 6.45) is 2.23. The van der Waals surface area contributed by atoms with E-state index in [-0.39, 0.29) is 23.3 Å². The van der Waals surface area contributed by atoms with Crippen LogP contribution >= 0.6 is 0 Å². The van der Waals surface area contributed by atoms with Gasteiger partial charge in [0, 0.05) is 30.6 Å². The van der Waals surface area contributed by atoms with Gasteiger partial charge in [-0.2, -0.15) is 0 Å². The molecule has 25 heavy (non-hydrogen) atoms. The third kappa shape index (κ3) is 6.16. The molecule has 2 amide bonds. The maximum Gasteiger partial charge on any atom is 0.251 e. The van der Waals surface area contributed by atoms with E-state index in [9.17, 15) is 9.59 Å². The number of hydrogen-bond acceptors (Lipinski definition) is 3. The van der Waals surface area contributed by atoms with E-state index in [4.69, 9.17) is 0 Å². The lowest BCUT2D eigenvalue weighted by Gasteiger charge is -2.28. The fourth-order valence-corrected chi connectivity index (χ4v) is 3.08. The first kappa shape index (κ1) is 19.4. The van der Waals surface area contributed by atoms with Crippen LogP contribution in [0.25, 0.3) is 0 Å². The quantitative estimate of drug-likeness (QED) is 0.767. The smallest absolute Gasteiger partial charge is 0.251 e. The molecule has 2 rings (SSSR count). The molecule has 1 aliphatic heterocycles. The molecule has 0 bridgehead atoms. The van der Waals surface area contributed by atoms with Crippen molar-refractivity contribution in [3.63, 3.8) is 0 Å². The Morgan fingerprint density at radius 2 is 1.88 bits per heavy atom. The highest BCUT2D eigenvalue weighted by Gasteiger charge is 2.19. The van der Waals surface area contributed by atoms with E-state index >= 15 is 0 Å². The Hall–Kier alpha value is -1.88. The van der Waals surface area contributed by atoms with E-state index in [0.29, 0.717) is 24.6 Å². The van der Waals surface area contributed by atoms with E-state index in [1.165, 1.54) is 5.56 Å². The highest BCUT2D eigenvalue weighted by Crippen LogP contribution is 2.22. The van der Waals surface area contributed by atoms with E-state index in [1.807, 2.05) is 24.3 Å². The van der Waals surface area contributed by atoms with Gasteiger partial charge in [-0.05, 0) is 49.4 Å². The molecule has 5 heteroatoms. The van der Waals surface area contributed by atoms with Gasteiger partial charge in [-0.3, -0.25) is 9.59 Å². The van der Waals surface area contributed by atoms with Crippen molar-refractivity contribution in [2.24, 2.45) is 0 Å². The fraction of sp³-hybridized carbons (Fsp3) is 0.600. The van der Waals surface area contributed by atoms with Crippen LogP contribution in [0.15, 0.2) is 24.3 Å². The van der Waals surface area contributed by atoms with Crippen LogP contribution in [0.5, 0.6) is 0 Å². The Kier molecular flexibility index (Phi) is 6.59. The number of carbonyl (C=O) groups excluding carboxylic acids is 2. The summed E-state index contributed by atoms with van der Waals surface area (Å²) in [5.41, 5.74) is 1.89. The summed E-state index contributed by atoms with van der Waals surface area (Å²) in [6.45, 7) is 9.85. The van der Waals surface area contributed by atoms with Crippen molar-refractivity contribution < 1.29 is 9.59 Å². The Labute approximate surface area is 151 Å². The SMILES string of the molecule is CC1CC(NC(=O)CCNC(=O)c2ccc(C(C)(C)C)cc2)CCN1. The second-order valence-electron chi connectivity index (χ2n) is 7.98. The second-order valence-corrected chi connectivity index (χ2v) is 7.98. The minimum absolute atomic E-state index is 0.00230. The first-order valence-corrected chi connectivity index (χ1v) is 9.17. The summed E-state index contributed by atoms with van der Waals surface area (Å²) in [5.74, 6) is -0.133. The second kappa shape index (κ2) is 8.48. The molecule has 0 radical (unpaired) electrons. The lowest BCUT2D eigenvalue weighted by molar-refractivity contribution is -0.121. The lowest BCUT2D eigenvalue weighted by atomic mass is 9.87. The van der Waals surface area contributed by atoms with Gasteiger partial charge in [0.05, 0.1) is 0 Å². The topological polar surface area (TPSA) is 70.2 Å². The van der Waals surface area contributed by atoms with E-state index in [1.54, 1.807) is 0 Å². The first-order valence-electron chi connectivity index (χ1n) is 9.17. The number of benzene rings is 1. The van der Waals surface area contributed by atoms with Gasteiger partial charge >= 0.3 is 0 Å². The van der Waals surface area contributed by atoms with Gasteiger partial charge in [0.25, 0.3) is 5.91 Å². The number of nitrogens with one attached hydrogen (secondary N) is 3. The minimum atomic E-state index is -0.135. The van der Waals surface area contributed by atoms with E-state index in [2.05, 4.69) is 43.6 Å². The number of amides is 2. The molecule has 1 aromatic carbocycles. The molecular formula is C20H31N3O2. The van der Waals surface area contributed by atoms with Crippen molar-refractivity contribution in [1.82, 2.24) is 16.0 Å². The van der Waals surface area contributed by atoms with E-state index < -0.39 is 0 Å². The van der Waals surface area contributed by atoms with Gasteiger partial charge in [0.1, 0.15) is 0 Å². The van der Waals surface area contributed by atoms with Crippen molar-refractivity contribution in [3.05, 3.63) is 35.4 Å². The van der Waals surface area contributed by atoms with Crippen molar-refractivity contribution in [1.29, 1.82) is 0 Å². The van der Waals surface area contributed by atoms with Gasteiger partial charge in [0.15, 0.2) is 0 Å². The minimum Gasteiger partial charge on any atom is -0.353 e. The molecule has 0 aliphatic carbocycles. The third-order valence-corrected chi connectivity index (χ3v) is 4.64. The Balaban J connectivity index is 1.73. The number of piperidine rings is 1. The fourth-order valence-electron chi connectivity index (χ4n) is 3.08. The molecule has 2 atom stereocenters. The molecule has 5 nitrogen and oxygen atoms in total. The standard InChI is InChI=1S/C20H31N3O2/c1-14-13-17(9-11-21-14)23-18(24)10-12-22-19(25)15-5-7-16(8-6-15)20(2,3)4/h5-8,14,17,21H,9-13H2,1-4H3,(H,22,25)(H,23,24). The molecule has 0 spiro atoms. The third-order valence-electron chi connectivity index (χ3n) is 4.64. The molecule has 1 aromatic rings. The van der Waals surface area contributed by atoms with Crippen molar-refractivity contribution in [2.45, 2.75) is 64.5 Å². The zero-order valence-corrected chi connectivity index (χ0v) is 15.8. The molecule has 0 aromatic heterocycles. The maximum atomic E-state index is 12.2. The molecule has 1 saturated heterocycles. The molecule has 1 aliphatic rings. The van der Waals surface area contributed by atoms with Gasteiger partial charge in [0.2, 0.25) is 5.91 Å². The van der Waals surface area contributed by atoms with Crippen molar-refractivity contribution >= 4 is 11.8 Å². The van der Waals surface area contributed by atoms with Crippen molar-refractivity contribution in [2.75, 3.05) is 13.1 Å². The number of rotatable bonds is 5. The average molecular weight is 345 g/mol. The molecule has 1 fully saturated rings.